The van der Waals surface area contributed by atoms with Crippen LogP contribution < -0.4 is 5.32 Å². The Kier molecular flexibility index (Phi) is 4.69. The summed E-state index contributed by atoms with van der Waals surface area (Å²) in [5, 5.41) is 5.33. The van der Waals surface area contributed by atoms with E-state index in [1.165, 1.54) is 0 Å². The summed E-state index contributed by atoms with van der Waals surface area (Å²) < 4.78 is 6.04. The van der Waals surface area contributed by atoms with Crippen LogP contribution in [0.1, 0.15) is 21.7 Å². The smallest absolute Gasteiger partial charge is 0.287 e. The molecule has 134 valence electrons. The van der Waals surface area contributed by atoms with Crippen LogP contribution in [-0.4, -0.2) is 5.91 Å². The molecule has 1 N–H and O–H groups in total. The lowest BCUT2D eigenvalue weighted by Gasteiger charge is -2.04. The number of aryl methyl sites for hydroxylation is 1. The number of benzene rings is 3. The molecular weight excluding hydrogens is 358 g/mol. The number of rotatable bonds is 4. The number of nitrogens with one attached hydrogen (secondary N) is 1. The minimum Gasteiger partial charge on any atom is -0.450 e. The van der Waals surface area contributed by atoms with Gasteiger partial charge in [0, 0.05) is 27.9 Å². The molecule has 4 aromatic rings. The Balaban J connectivity index is 1.72. The largest absolute Gasteiger partial charge is 0.450 e. The molecule has 1 amide bonds. The normalized spacial score (nSPS) is 10.9. The third-order valence-corrected chi connectivity index (χ3v) is 4.73. The predicted molar refractivity (Wildman–Crippen MR) is 109 cm³/mol. The van der Waals surface area contributed by atoms with Crippen molar-refractivity contribution in [3.8, 4) is 11.3 Å². The van der Waals surface area contributed by atoms with Gasteiger partial charge in [0.25, 0.3) is 5.91 Å². The first kappa shape index (κ1) is 17.4. The molecule has 0 radical (unpaired) electrons. The van der Waals surface area contributed by atoms with Crippen molar-refractivity contribution in [2.75, 3.05) is 0 Å². The lowest BCUT2D eigenvalue weighted by molar-refractivity contribution is 0.0926. The lowest BCUT2D eigenvalue weighted by atomic mass is 10.0. The van der Waals surface area contributed by atoms with Gasteiger partial charge in [0.05, 0.1) is 0 Å². The fourth-order valence-corrected chi connectivity index (χ4v) is 3.22. The van der Waals surface area contributed by atoms with Gasteiger partial charge in [-0.05, 0) is 42.8 Å². The van der Waals surface area contributed by atoms with Crippen molar-refractivity contribution in [3.05, 3.63) is 94.7 Å². The van der Waals surface area contributed by atoms with Crippen molar-refractivity contribution in [3.63, 3.8) is 0 Å². The second-order valence-electron chi connectivity index (χ2n) is 6.48. The van der Waals surface area contributed by atoms with Crippen LogP contribution in [0.25, 0.3) is 22.1 Å². The number of fused-ring (bicyclic) bond motifs is 1. The number of hydrogen-bond acceptors (Lipinski definition) is 2. The molecule has 0 unspecified atom stereocenters. The quantitative estimate of drug-likeness (QED) is 0.476. The molecule has 0 aliphatic heterocycles. The third kappa shape index (κ3) is 3.60. The zero-order valence-corrected chi connectivity index (χ0v) is 15.6. The van der Waals surface area contributed by atoms with Gasteiger partial charge in [0.1, 0.15) is 5.76 Å². The van der Waals surface area contributed by atoms with Gasteiger partial charge >= 0.3 is 0 Å². The molecule has 4 rings (SSSR count). The molecule has 0 aliphatic carbocycles. The van der Waals surface area contributed by atoms with Crippen LogP contribution in [0.5, 0.6) is 0 Å². The second-order valence-corrected chi connectivity index (χ2v) is 6.92. The van der Waals surface area contributed by atoms with Crippen LogP contribution in [0, 0.1) is 6.92 Å². The Morgan fingerprint density at radius 2 is 1.70 bits per heavy atom. The highest BCUT2D eigenvalue weighted by Gasteiger charge is 2.20. The summed E-state index contributed by atoms with van der Waals surface area (Å²) in [6.45, 7) is 2.45. The summed E-state index contributed by atoms with van der Waals surface area (Å²) in [6.07, 6.45) is 0. The maximum atomic E-state index is 12.8. The van der Waals surface area contributed by atoms with E-state index in [1.54, 1.807) is 0 Å². The number of hydrogen-bond donors (Lipinski definition) is 1. The summed E-state index contributed by atoms with van der Waals surface area (Å²) in [4.78, 5) is 12.8. The summed E-state index contributed by atoms with van der Waals surface area (Å²) in [5.74, 6) is 0.774. The molecule has 0 atom stereocenters. The molecular formula is C23H18ClNO2. The van der Waals surface area contributed by atoms with Crippen molar-refractivity contribution in [2.45, 2.75) is 13.5 Å². The van der Waals surface area contributed by atoms with Gasteiger partial charge in [-0.1, -0.05) is 59.6 Å². The zero-order chi connectivity index (χ0) is 18.8. The maximum absolute atomic E-state index is 12.8. The third-order valence-electron chi connectivity index (χ3n) is 4.48. The van der Waals surface area contributed by atoms with Crippen LogP contribution in [0.15, 0.2) is 77.2 Å². The minimum atomic E-state index is -0.227. The minimum absolute atomic E-state index is 0.227. The summed E-state index contributed by atoms with van der Waals surface area (Å²) in [6, 6.07) is 23.2. The molecule has 27 heavy (non-hydrogen) atoms. The van der Waals surface area contributed by atoms with Gasteiger partial charge in [0.15, 0.2) is 5.76 Å². The number of halogens is 1. The highest BCUT2D eigenvalue weighted by Crippen LogP contribution is 2.35. The van der Waals surface area contributed by atoms with E-state index in [2.05, 4.69) is 5.32 Å². The van der Waals surface area contributed by atoms with E-state index in [-0.39, 0.29) is 5.91 Å². The molecule has 1 aromatic heterocycles. The average molecular weight is 376 g/mol. The van der Waals surface area contributed by atoms with E-state index < -0.39 is 0 Å². The Hall–Kier alpha value is -3.04. The number of amides is 1. The maximum Gasteiger partial charge on any atom is 0.287 e. The van der Waals surface area contributed by atoms with E-state index in [0.717, 1.165) is 27.5 Å². The fraction of sp³-hybridized carbons (Fsp3) is 0.0870. The molecule has 0 saturated carbocycles. The molecule has 4 heteroatoms. The molecule has 0 saturated heterocycles. The van der Waals surface area contributed by atoms with E-state index in [0.29, 0.717) is 23.1 Å². The van der Waals surface area contributed by atoms with Gasteiger partial charge in [-0.2, -0.15) is 0 Å². The molecule has 0 spiro atoms. The standard InChI is InChI=1S/C23H18ClNO2/c1-15-7-12-19-20(13-15)22(23(26)25-14-16-5-3-2-4-6-16)27-21(19)17-8-10-18(24)11-9-17/h2-13H,14H2,1H3,(H,25,26). The Morgan fingerprint density at radius 1 is 0.963 bits per heavy atom. The van der Waals surface area contributed by atoms with Crippen molar-refractivity contribution in [2.24, 2.45) is 0 Å². The molecule has 1 heterocycles. The van der Waals surface area contributed by atoms with Crippen molar-refractivity contribution in [1.29, 1.82) is 0 Å². The van der Waals surface area contributed by atoms with Gasteiger partial charge in [-0.3, -0.25) is 4.79 Å². The Bertz CT molecular complexity index is 1100. The summed E-state index contributed by atoms with van der Waals surface area (Å²) in [5.41, 5.74) is 2.99. The Morgan fingerprint density at radius 3 is 2.44 bits per heavy atom. The van der Waals surface area contributed by atoms with E-state index in [9.17, 15) is 4.79 Å². The average Bonchev–Trinajstić information content (AvgIpc) is 3.06. The first-order chi connectivity index (χ1) is 13.1. The van der Waals surface area contributed by atoms with Crippen LogP contribution in [0.2, 0.25) is 5.02 Å². The monoisotopic (exact) mass is 375 g/mol. The van der Waals surface area contributed by atoms with E-state index in [4.69, 9.17) is 16.0 Å². The van der Waals surface area contributed by atoms with Gasteiger partial charge < -0.3 is 9.73 Å². The van der Waals surface area contributed by atoms with Crippen LogP contribution >= 0.6 is 11.6 Å². The van der Waals surface area contributed by atoms with Gasteiger partial charge in [-0.25, -0.2) is 0 Å². The highest BCUT2D eigenvalue weighted by atomic mass is 35.5. The number of carbonyl (C=O) groups excluding carboxylic acids is 1. The SMILES string of the molecule is Cc1ccc2c(-c3ccc(Cl)cc3)oc(C(=O)NCc3ccccc3)c2c1. The number of carbonyl (C=O) groups is 1. The summed E-state index contributed by atoms with van der Waals surface area (Å²) >= 11 is 6.00. The van der Waals surface area contributed by atoms with Crippen molar-refractivity contribution in [1.82, 2.24) is 5.32 Å². The molecule has 0 fully saturated rings. The predicted octanol–water partition coefficient (Wildman–Crippen LogP) is 5.99. The molecule has 3 nitrogen and oxygen atoms in total. The fourth-order valence-electron chi connectivity index (χ4n) is 3.10. The summed E-state index contributed by atoms with van der Waals surface area (Å²) in [7, 11) is 0. The second kappa shape index (κ2) is 7.29. The highest BCUT2D eigenvalue weighted by molar-refractivity contribution is 6.30. The first-order valence-electron chi connectivity index (χ1n) is 8.73. The first-order valence-corrected chi connectivity index (χ1v) is 9.11. The Labute approximate surface area is 162 Å². The van der Waals surface area contributed by atoms with Crippen LogP contribution in [0.4, 0.5) is 0 Å². The van der Waals surface area contributed by atoms with E-state index >= 15 is 0 Å². The van der Waals surface area contributed by atoms with Gasteiger partial charge in [0.2, 0.25) is 0 Å². The van der Waals surface area contributed by atoms with Gasteiger partial charge in [-0.15, -0.1) is 0 Å². The molecule has 0 aliphatic rings. The zero-order valence-electron chi connectivity index (χ0n) is 14.8. The van der Waals surface area contributed by atoms with E-state index in [1.807, 2.05) is 79.7 Å². The van der Waals surface area contributed by atoms with Crippen LogP contribution in [0.3, 0.4) is 0 Å². The molecule has 3 aromatic carbocycles. The van der Waals surface area contributed by atoms with Crippen molar-refractivity contribution < 1.29 is 9.21 Å². The topological polar surface area (TPSA) is 42.2 Å². The lowest BCUT2D eigenvalue weighted by Crippen LogP contribution is -2.22. The van der Waals surface area contributed by atoms with Crippen LogP contribution in [-0.2, 0) is 6.54 Å². The molecule has 0 bridgehead atoms. The van der Waals surface area contributed by atoms with Crippen molar-refractivity contribution >= 4 is 28.3 Å². The number of furan rings is 1.